The van der Waals surface area contributed by atoms with Crippen molar-refractivity contribution in [3.8, 4) is 11.5 Å². The number of alkyl halides is 1. The van der Waals surface area contributed by atoms with Gasteiger partial charge in [-0.1, -0.05) is 0 Å². The first-order chi connectivity index (χ1) is 7.63. The van der Waals surface area contributed by atoms with Crippen LogP contribution in [0.4, 0.5) is 8.78 Å². The van der Waals surface area contributed by atoms with Crippen molar-refractivity contribution in [1.29, 1.82) is 0 Å². The molecule has 16 heavy (non-hydrogen) atoms. The largest absolute Gasteiger partial charge is 0.493 e. The number of halogens is 2. The zero-order chi connectivity index (χ0) is 12.1. The predicted molar refractivity (Wildman–Crippen MR) is 57.0 cm³/mol. The minimum atomic E-state index is -0.676. The molecule has 3 nitrogen and oxygen atoms in total. The molecule has 90 valence electrons. The Hall–Kier alpha value is -1.36. The van der Waals surface area contributed by atoms with Gasteiger partial charge in [0.15, 0.2) is 11.5 Å². The molecule has 1 atom stereocenters. The SMILES string of the molecule is COc1cc(F)c([C@@H](N)CCF)cc1OC. The van der Waals surface area contributed by atoms with Crippen LogP contribution in [0, 0.1) is 5.82 Å². The van der Waals surface area contributed by atoms with E-state index in [1.807, 2.05) is 0 Å². The highest BCUT2D eigenvalue weighted by Gasteiger charge is 2.16. The van der Waals surface area contributed by atoms with E-state index in [0.717, 1.165) is 0 Å². The summed E-state index contributed by atoms with van der Waals surface area (Å²) < 4.78 is 35.7. The van der Waals surface area contributed by atoms with Crippen LogP contribution in [0.2, 0.25) is 0 Å². The molecule has 5 heteroatoms. The fourth-order valence-electron chi connectivity index (χ4n) is 1.43. The van der Waals surface area contributed by atoms with Gasteiger partial charge in [0.25, 0.3) is 0 Å². The Balaban J connectivity index is 3.10. The molecule has 0 saturated carbocycles. The summed E-state index contributed by atoms with van der Waals surface area (Å²) in [5.41, 5.74) is 5.88. The molecule has 0 heterocycles. The summed E-state index contributed by atoms with van der Waals surface area (Å²) in [5.74, 6) is 0.156. The lowest BCUT2D eigenvalue weighted by molar-refractivity contribution is 0.350. The third kappa shape index (κ3) is 2.61. The molecule has 2 N–H and O–H groups in total. The highest BCUT2D eigenvalue weighted by atomic mass is 19.1. The molecule has 0 saturated heterocycles. The van der Waals surface area contributed by atoms with Crippen molar-refractivity contribution in [2.24, 2.45) is 5.73 Å². The lowest BCUT2D eigenvalue weighted by Gasteiger charge is -2.14. The van der Waals surface area contributed by atoms with Gasteiger partial charge in [0, 0.05) is 17.7 Å². The Morgan fingerprint density at radius 2 is 1.81 bits per heavy atom. The summed E-state index contributed by atoms with van der Waals surface area (Å²) in [7, 11) is 2.86. The zero-order valence-corrected chi connectivity index (χ0v) is 9.30. The zero-order valence-electron chi connectivity index (χ0n) is 9.30. The first-order valence-electron chi connectivity index (χ1n) is 4.87. The van der Waals surface area contributed by atoms with Crippen molar-refractivity contribution in [2.45, 2.75) is 12.5 Å². The van der Waals surface area contributed by atoms with Gasteiger partial charge in [0.1, 0.15) is 5.82 Å². The van der Waals surface area contributed by atoms with Crippen LogP contribution >= 0.6 is 0 Å². The summed E-state index contributed by atoms with van der Waals surface area (Å²) in [4.78, 5) is 0. The summed E-state index contributed by atoms with van der Waals surface area (Å²) in [6.07, 6.45) is 0.0758. The minimum Gasteiger partial charge on any atom is -0.493 e. The van der Waals surface area contributed by atoms with Gasteiger partial charge < -0.3 is 15.2 Å². The maximum absolute atomic E-state index is 13.6. The molecule has 0 aliphatic carbocycles. The van der Waals surface area contributed by atoms with Gasteiger partial charge in [-0.2, -0.15) is 0 Å². The van der Waals surface area contributed by atoms with Crippen LogP contribution < -0.4 is 15.2 Å². The molecular formula is C11H15F2NO2. The van der Waals surface area contributed by atoms with E-state index in [2.05, 4.69) is 0 Å². The van der Waals surface area contributed by atoms with Crippen molar-refractivity contribution in [3.05, 3.63) is 23.5 Å². The van der Waals surface area contributed by atoms with Crippen LogP contribution in [0.3, 0.4) is 0 Å². The van der Waals surface area contributed by atoms with Gasteiger partial charge >= 0.3 is 0 Å². The standard InChI is InChI=1S/C11H15F2NO2/c1-15-10-5-7(9(14)3-4-12)8(13)6-11(10)16-2/h5-6,9H,3-4,14H2,1-2H3/t9-/m0/s1. The minimum absolute atomic E-state index is 0.0758. The first kappa shape index (κ1) is 12.7. The van der Waals surface area contributed by atoms with Crippen molar-refractivity contribution < 1.29 is 18.3 Å². The first-order valence-corrected chi connectivity index (χ1v) is 4.87. The van der Waals surface area contributed by atoms with E-state index in [4.69, 9.17) is 15.2 Å². The van der Waals surface area contributed by atoms with E-state index >= 15 is 0 Å². The lowest BCUT2D eigenvalue weighted by atomic mass is 10.0. The van der Waals surface area contributed by atoms with Gasteiger partial charge in [-0.3, -0.25) is 4.39 Å². The summed E-state index contributed by atoms with van der Waals surface area (Å²) in [5, 5.41) is 0. The summed E-state index contributed by atoms with van der Waals surface area (Å²) >= 11 is 0. The number of ether oxygens (including phenoxy) is 2. The number of nitrogens with two attached hydrogens (primary N) is 1. The maximum Gasteiger partial charge on any atom is 0.163 e. The fourth-order valence-corrected chi connectivity index (χ4v) is 1.43. The average Bonchev–Trinajstić information content (AvgIpc) is 2.28. The van der Waals surface area contributed by atoms with Crippen LogP contribution in [0.15, 0.2) is 12.1 Å². The van der Waals surface area contributed by atoms with Crippen LogP contribution in [0.5, 0.6) is 11.5 Å². The summed E-state index contributed by atoms with van der Waals surface area (Å²) in [6, 6.07) is 1.95. The molecule has 0 radical (unpaired) electrons. The fraction of sp³-hybridized carbons (Fsp3) is 0.455. The Morgan fingerprint density at radius 3 is 2.31 bits per heavy atom. The smallest absolute Gasteiger partial charge is 0.163 e. The van der Waals surface area contributed by atoms with E-state index in [1.54, 1.807) is 0 Å². The maximum atomic E-state index is 13.6. The molecule has 0 fully saturated rings. The quantitative estimate of drug-likeness (QED) is 0.844. The molecule has 0 spiro atoms. The number of rotatable bonds is 5. The Labute approximate surface area is 93.2 Å². The molecule has 0 aromatic heterocycles. The molecule has 1 aromatic carbocycles. The van der Waals surface area contributed by atoms with Gasteiger partial charge in [0.2, 0.25) is 0 Å². The molecular weight excluding hydrogens is 216 g/mol. The lowest BCUT2D eigenvalue weighted by Crippen LogP contribution is -2.13. The highest BCUT2D eigenvalue weighted by Crippen LogP contribution is 2.32. The molecule has 0 bridgehead atoms. The van der Waals surface area contributed by atoms with Gasteiger partial charge in [-0.25, -0.2) is 4.39 Å². The second-order valence-corrected chi connectivity index (χ2v) is 3.31. The average molecular weight is 231 g/mol. The Bertz CT molecular complexity index is 358. The second-order valence-electron chi connectivity index (χ2n) is 3.31. The van der Waals surface area contributed by atoms with Gasteiger partial charge in [0.05, 0.1) is 20.9 Å². The van der Waals surface area contributed by atoms with Gasteiger partial charge in [-0.05, 0) is 12.5 Å². The van der Waals surface area contributed by atoms with Crippen LogP contribution in [0.1, 0.15) is 18.0 Å². The van der Waals surface area contributed by atoms with E-state index in [1.165, 1.54) is 26.4 Å². The van der Waals surface area contributed by atoms with E-state index in [-0.39, 0.29) is 17.7 Å². The molecule has 0 aliphatic rings. The molecule has 0 unspecified atom stereocenters. The summed E-state index contributed by atoms with van der Waals surface area (Å²) in [6.45, 7) is -0.588. The monoisotopic (exact) mass is 231 g/mol. The van der Waals surface area contributed by atoms with Crippen molar-refractivity contribution >= 4 is 0 Å². The van der Waals surface area contributed by atoms with Crippen LogP contribution in [-0.4, -0.2) is 20.9 Å². The Kier molecular flexibility index (Phi) is 4.49. The van der Waals surface area contributed by atoms with Crippen LogP contribution in [0.25, 0.3) is 0 Å². The number of benzene rings is 1. The second kappa shape index (κ2) is 5.65. The molecule has 0 amide bonds. The number of hydrogen-bond donors (Lipinski definition) is 1. The van der Waals surface area contributed by atoms with E-state index in [9.17, 15) is 8.78 Å². The van der Waals surface area contributed by atoms with Crippen molar-refractivity contribution in [1.82, 2.24) is 0 Å². The highest BCUT2D eigenvalue weighted by molar-refractivity contribution is 5.44. The molecule has 1 aromatic rings. The predicted octanol–water partition coefficient (Wildman–Crippen LogP) is 2.20. The van der Waals surface area contributed by atoms with Crippen LogP contribution in [-0.2, 0) is 0 Å². The molecule has 1 rings (SSSR count). The van der Waals surface area contributed by atoms with E-state index in [0.29, 0.717) is 5.75 Å². The normalized spacial score (nSPS) is 12.3. The Morgan fingerprint density at radius 1 is 1.25 bits per heavy atom. The van der Waals surface area contributed by atoms with Crippen molar-refractivity contribution in [3.63, 3.8) is 0 Å². The van der Waals surface area contributed by atoms with Crippen molar-refractivity contribution in [2.75, 3.05) is 20.9 Å². The van der Waals surface area contributed by atoms with Gasteiger partial charge in [-0.15, -0.1) is 0 Å². The third-order valence-electron chi connectivity index (χ3n) is 2.32. The molecule has 0 aliphatic heterocycles. The number of methoxy groups -OCH3 is 2. The van der Waals surface area contributed by atoms with E-state index < -0.39 is 18.5 Å². The topological polar surface area (TPSA) is 44.5 Å². The third-order valence-corrected chi connectivity index (χ3v) is 2.32. The number of hydrogen-bond acceptors (Lipinski definition) is 3.